The Kier molecular flexibility index (Phi) is 5.85. The van der Waals surface area contributed by atoms with Crippen molar-refractivity contribution in [2.24, 2.45) is 11.8 Å². The maximum atomic E-state index is 12.8. The van der Waals surface area contributed by atoms with Gasteiger partial charge in [-0.2, -0.15) is 0 Å². The first-order valence-corrected chi connectivity index (χ1v) is 11.1. The number of ether oxygens (including phenoxy) is 1. The molecule has 1 N–H and O–H groups in total. The third-order valence-electron chi connectivity index (χ3n) is 6.73. The summed E-state index contributed by atoms with van der Waals surface area (Å²) < 4.78 is 7.16. The molecule has 1 amide bonds. The SMILES string of the molecule is COc1ccc(-c2cn(CC3CC4CCN3CC4C(=O)NCc3cccnc3)nn2)cc1. The van der Waals surface area contributed by atoms with Crippen molar-refractivity contribution in [1.29, 1.82) is 0 Å². The Labute approximate surface area is 187 Å². The fourth-order valence-electron chi connectivity index (χ4n) is 4.95. The van der Waals surface area contributed by atoms with E-state index >= 15 is 0 Å². The average Bonchev–Trinajstić information content (AvgIpc) is 3.32. The summed E-state index contributed by atoms with van der Waals surface area (Å²) in [6, 6.07) is 12.1. The number of nitrogens with zero attached hydrogens (tertiary/aromatic N) is 5. The number of fused-ring (bicyclic) bond motifs is 3. The van der Waals surface area contributed by atoms with Crippen LogP contribution >= 0.6 is 0 Å². The Balaban J connectivity index is 1.18. The van der Waals surface area contributed by atoms with Crippen LogP contribution in [0.2, 0.25) is 0 Å². The largest absolute Gasteiger partial charge is 0.497 e. The van der Waals surface area contributed by atoms with E-state index in [0.717, 1.165) is 55.0 Å². The van der Waals surface area contributed by atoms with Crippen LogP contribution in [-0.2, 0) is 17.9 Å². The Bertz CT molecular complexity index is 1050. The van der Waals surface area contributed by atoms with Crippen molar-refractivity contribution in [1.82, 2.24) is 30.2 Å². The monoisotopic (exact) mass is 432 g/mol. The number of carbonyl (C=O) groups excluding carboxylic acids is 1. The summed E-state index contributed by atoms with van der Waals surface area (Å²) in [5.74, 6) is 1.46. The minimum absolute atomic E-state index is 0.0577. The molecule has 32 heavy (non-hydrogen) atoms. The molecule has 166 valence electrons. The standard InChI is InChI=1S/C24H28N6O2/c1-32-21-6-4-18(5-7-21)23-16-30(28-27-23)14-20-11-19-8-10-29(20)15-22(19)24(31)26-13-17-3-2-9-25-12-17/h2-7,9,12,16,19-20,22H,8,10-11,13-15H2,1H3,(H,26,31). The lowest BCUT2D eigenvalue weighted by Crippen LogP contribution is -2.58. The van der Waals surface area contributed by atoms with E-state index in [0.29, 0.717) is 18.5 Å². The fourth-order valence-corrected chi connectivity index (χ4v) is 4.95. The second kappa shape index (κ2) is 9.08. The average molecular weight is 433 g/mol. The number of nitrogens with one attached hydrogen (secondary N) is 1. The highest BCUT2D eigenvalue weighted by Gasteiger charge is 2.43. The maximum absolute atomic E-state index is 12.8. The van der Waals surface area contributed by atoms with Crippen molar-refractivity contribution in [3.05, 3.63) is 60.6 Å². The third-order valence-corrected chi connectivity index (χ3v) is 6.73. The summed E-state index contributed by atoms with van der Waals surface area (Å²) in [5.41, 5.74) is 2.91. The number of carbonyl (C=O) groups is 1. The van der Waals surface area contributed by atoms with Crippen molar-refractivity contribution in [3.8, 4) is 17.0 Å². The van der Waals surface area contributed by atoms with Crippen LogP contribution in [0.3, 0.4) is 0 Å². The predicted molar refractivity (Wildman–Crippen MR) is 120 cm³/mol. The van der Waals surface area contributed by atoms with Gasteiger partial charge in [-0.05, 0) is 61.2 Å². The van der Waals surface area contributed by atoms with Crippen molar-refractivity contribution in [2.45, 2.75) is 32.0 Å². The minimum atomic E-state index is 0.0577. The van der Waals surface area contributed by atoms with Gasteiger partial charge in [-0.25, -0.2) is 0 Å². The van der Waals surface area contributed by atoms with Gasteiger partial charge in [-0.3, -0.25) is 19.4 Å². The van der Waals surface area contributed by atoms with E-state index in [2.05, 4.69) is 25.5 Å². The van der Waals surface area contributed by atoms with Crippen LogP contribution in [0.25, 0.3) is 11.3 Å². The highest BCUT2D eigenvalue weighted by molar-refractivity contribution is 5.79. The number of pyridine rings is 1. The van der Waals surface area contributed by atoms with Gasteiger partial charge >= 0.3 is 0 Å². The van der Waals surface area contributed by atoms with E-state index in [4.69, 9.17) is 4.74 Å². The van der Waals surface area contributed by atoms with Gasteiger partial charge < -0.3 is 10.1 Å². The molecule has 5 heterocycles. The van der Waals surface area contributed by atoms with E-state index in [1.165, 1.54) is 0 Å². The molecule has 8 nitrogen and oxygen atoms in total. The molecule has 4 atom stereocenters. The number of rotatable bonds is 7. The van der Waals surface area contributed by atoms with Gasteiger partial charge in [-0.15, -0.1) is 5.10 Å². The van der Waals surface area contributed by atoms with Gasteiger partial charge in [0, 0.05) is 37.1 Å². The lowest BCUT2D eigenvalue weighted by molar-refractivity contribution is -0.133. The molecule has 1 aromatic carbocycles. The Morgan fingerprint density at radius 3 is 2.84 bits per heavy atom. The molecule has 8 heteroatoms. The minimum Gasteiger partial charge on any atom is -0.497 e. The van der Waals surface area contributed by atoms with E-state index in [9.17, 15) is 4.79 Å². The van der Waals surface area contributed by atoms with Crippen molar-refractivity contribution < 1.29 is 9.53 Å². The van der Waals surface area contributed by atoms with Crippen LogP contribution in [0.1, 0.15) is 18.4 Å². The first kappa shape index (κ1) is 20.6. The van der Waals surface area contributed by atoms with Crippen LogP contribution in [-0.4, -0.2) is 57.0 Å². The summed E-state index contributed by atoms with van der Waals surface area (Å²) in [5, 5.41) is 11.8. The van der Waals surface area contributed by atoms with Crippen LogP contribution in [0, 0.1) is 11.8 Å². The molecular weight excluding hydrogens is 404 g/mol. The molecule has 0 spiro atoms. The van der Waals surface area contributed by atoms with Gasteiger partial charge in [0.2, 0.25) is 5.91 Å². The van der Waals surface area contributed by atoms with E-state index in [1.807, 2.05) is 47.3 Å². The predicted octanol–water partition coefficient (Wildman–Crippen LogP) is 2.38. The fraction of sp³-hybridized carbons (Fsp3) is 0.417. The summed E-state index contributed by atoms with van der Waals surface area (Å²) in [4.78, 5) is 19.4. The molecule has 3 aliphatic rings. The Morgan fingerprint density at radius 2 is 2.12 bits per heavy atom. The lowest BCUT2D eigenvalue weighted by Gasteiger charge is -2.49. The Morgan fingerprint density at radius 1 is 1.25 bits per heavy atom. The van der Waals surface area contributed by atoms with E-state index < -0.39 is 0 Å². The van der Waals surface area contributed by atoms with Crippen LogP contribution in [0.15, 0.2) is 55.0 Å². The lowest BCUT2D eigenvalue weighted by atomic mass is 9.75. The second-order valence-electron chi connectivity index (χ2n) is 8.67. The summed E-state index contributed by atoms with van der Waals surface area (Å²) in [7, 11) is 1.66. The molecule has 2 aromatic heterocycles. The molecule has 4 unspecified atom stereocenters. The van der Waals surface area contributed by atoms with Gasteiger partial charge in [0.15, 0.2) is 0 Å². The van der Waals surface area contributed by atoms with Gasteiger partial charge in [0.1, 0.15) is 11.4 Å². The number of hydrogen-bond acceptors (Lipinski definition) is 6. The zero-order valence-electron chi connectivity index (χ0n) is 18.2. The normalized spacial score (nSPS) is 24.3. The van der Waals surface area contributed by atoms with Gasteiger partial charge in [-0.1, -0.05) is 11.3 Å². The summed E-state index contributed by atoms with van der Waals surface area (Å²) in [6.45, 7) is 3.19. The van der Waals surface area contributed by atoms with Crippen LogP contribution < -0.4 is 10.1 Å². The number of hydrogen-bond donors (Lipinski definition) is 1. The second-order valence-corrected chi connectivity index (χ2v) is 8.67. The maximum Gasteiger partial charge on any atom is 0.224 e. The smallest absolute Gasteiger partial charge is 0.224 e. The number of amides is 1. The Hall–Kier alpha value is -3.26. The van der Waals surface area contributed by atoms with Gasteiger partial charge in [0.25, 0.3) is 0 Å². The van der Waals surface area contributed by atoms with E-state index in [-0.39, 0.29) is 11.8 Å². The van der Waals surface area contributed by atoms with Gasteiger partial charge in [0.05, 0.1) is 25.8 Å². The third kappa shape index (κ3) is 4.36. The van der Waals surface area contributed by atoms with Crippen molar-refractivity contribution >= 4 is 5.91 Å². The number of benzene rings is 1. The quantitative estimate of drug-likeness (QED) is 0.617. The molecule has 2 bridgehead atoms. The summed E-state index contributed by atoms with van der Waals surface area (Å²) >= 11 is 0. The number of piperidine rings is 3. The van der Waals surface area contributed by atoms with Crippen LogP contribution in [0.4, 0.5) is 0 Å². The highest BCUT2D eigenvalue weighted by atomic mass is 16.5. The number of aromatic nitrogens is 4. The molecule has 3 saturated heterocycles. The zero-order chi connectivity index (χ0) is 21.9. The molecular formula is C24H28N6O2. The molecule has 6 rings (SSSR count). The molecule has 3 aromatic rings. The van der Waals surface area contributed by atoms with Crippen molar-refractivity contribution in [3.63, 3.8) is 0 Å². The first-order valence-electron chi connectivity index (χ1n) is 11.1. The molecule has 3 aliphatic heterocycles. The molecule has 0 aliphatic carbocycles. The highest BCUT2D eigenvalue weighted by Crippen LogP contribution is 2.37. The summed E-state index contributed by atoms with van der Waals surface area (Å²) in [6.07, 6.45) is 7.64. The first-order chi connectivity index (χ1) is 15.7. The van der Waals surface area contributed by atoms with E-state index in [1.54, 1.807) is 19.5 Å². The number of methoxy groups -OCH3 is 1. The van der Waals surface area contributed by atoms with Crippen molar-refractivity contribution in [2.75, 3.05) is 20.2 Å². The van der Waals surface area contributed by atoms with Crippen LogP contribution in [0.5, 0.6) is 5.75 Å². The molecule has 3 fully saturated rings. The molecule has 0 radical (unpaired) electrons. The topological polar surface area (TPSA) is 85.2 Å². The zero-order valence-corrected chi connectivity index (χ0v) is 18.2. The molecule has 0 saturated carbocycles.